The van der Waals surface area contributed by atoms with Gasteiger partial charge in [0.2, 0.25) is 0 Å². The van der Waals surface area contributed by atoms with E-state index in [0.29, 0.717) is 17.5 Å². The maximum atomic E-state index is 5.26. The highest BCUT2D eigenvalue weighted by atomic mass is 15.0. The number of benzene rings is 8. The molecule has 0 fully saturated rings. The Morgan fingerprint density at radius 1 is 0.319 bits per heavy atom. The topological polar surface area (TPSA) is 38.7 Å². The van der Waals surface area contributed by atoms with E-state index in [1.807, 2.05) is 0 Å². The largest absolute Gasteiger partial charge is 0.208 e. The van der Waals surface area contributed by atoms with Crippen molar-refractivity contribution in [2.24, 2.45) is 0 Å². The third-order valence-electron chi connectivity index (χ3n) is 9.18. The van der Waals surface area contributed by atoms with Crippen molar-refractivity contribution in [2.45, 2.75) is 6.92 Å². The van der Waals surface area contributed by atoms with Gasteiger partial charge in [0.25, 0.3) is 0 Å². The van der Waals surface area contributed by atoms with E-state index in [4.69, 9.17) is 15.0 Å². The summed E-state index contributed by atoms with van der Waals surface area (Å²) in [5.74, 6) is 1.97. The molecule has 0 radical (unpaired) electrons. The second kappa shape index (κ2) is 11.0. The minimum Gasteiger partial charge on any atom is -0.208 e. The molecule has 9 rings (SSSR count). The molecule has 0 N–H and O–H groups in total. The lowest BCUT2D eigenvalue weighted by molar-refractivity contribution is 1.08. The van der Waals surface area contributed by atoms with Gasteiger partial charge in [-0.2, -0.15) is 0 Å². The summed E-state index contributed by atoms with van der Waals surface area (Å²) in [7, 11) is 0. The summed E-state index contributed by atoms with van der Waals surface area (Å²) < 4.78 is 0. The second-order valence-corrected chi connectivity index (χ2v) is 12.1. The first-order chi connectivity index (χ1) is 23.2. The lowest BCUT2D eigenvalue weighted by atomic mass is 9.96. The summed E-state index contributed by atoms with van der Waals surface area (Å²) in [5.41, 5.74) is 6.52. The predicted molar refractivity (Wildman–Crippen MR) is 196 cm³/mol. The van der Waals surface area contributed by atoms with E-state index in [0.717, 1.165) is 43.8 Å². The van der Waals surface area contributed by atoms with Gasteiger partial charge in [-0.3, -0.25) is 0 Å². The Morgan fingerprint density at radius 2 is 0.681 bits per heavy atom. The number of aromatic nitrogens is 3. The zero-order valence-electron chi connectivity index (χ0n) is 25.9. The minimum absolute atomic E-state index is 0.648. The number of fused-ring (bicyclic) bond motifs is 6. The van der Waals surface area contributed by atoms with Gasteiger partial charge >= 0.3 is 0 Å². The van der Waals surface area contributed by atoms with Crippen molar-refractivity contribution in [3.05, 3.63) is 163 Å². The number of hydrogen-bond donors (Lipinski definition) is 0. The van der Waals surface area contributed by atoms with Crippen molar-refractivity contribution in [1.82, 2.24) is 15.0 Å². The van der Waals surface area contributed by atoms with Crippen LogP contribution in [0.25, 0.3) is 88.4 Å². The Kier molecular flexibility index (Phi) is 6.36. The van der Waals surface area contributed by atoms with Crippen LogP contribution >= 0.6 is 0 Å². The second-order valence-electron chi connectivity index (χ2n) is 12.1. The molecule has 0 spiro atoms. The summed E-state index contributed by atoms with van der Waals surface area (Å²) in [6, 6.07) is 55.7. The van der Waals surface area contributed by atoms with E-state index in [2.05, 4.69) is 165 Å². The van der Waals surface area contributed by atoms with Crippen molar-refractivity contribution in [2.75, 3.05) is 0 Å². The molecule has 1 aromatic heterocycles. The normalized spacial score (nSPS) is 11.5. The zero-order chi connectivity index (χ0) is 31.3. The highest BCUT2D eigenvalue weighted by Crippen LogP contribution is 2.38. The van der Waals surface area contributed by atoms with Crippen LogP contribution in [0, 0.1) is 6.92 Å². The first-order valence-corrected chi connectivity index (χ1v) is 15.9. The van der Waals surface area contributed by atoms with Crippen molar-refractivity contribution in [1.29, 1.82) is 0 Å². The molecule has 47 heavy (non-hydrogen) atoms. The SMILES string of the molecule is Cc1ccc(-c2ccc(-c3nc(-c4cc5ccccc5c5ccccc45)nc(-c4cc5ccccc5c5ccccc45)n3)cc2)cc1. The third-order valence-corrected chi connectivity index (χ3v) is 9.18. The molecule has 0 saturated carbocycles. The Balaban J connectivity index is 1.31. The Labute approximate surface area is 272 Å². The van der Waals surface area contributed by atoms with Crippen molar-refractivity contribution in [3.8, 4) is 45.3 Å². The smallest absolute Gasteiger partial charge is 0.164 e. The quantitative estimate of drug-likeness (QED) is 0.189. The van der Waals surface area contributed by atoms with Crippen LogP contribution < -0.4 is 0 Å². The van der Waals surface area contributed by atoms with Gasteiger partial charge in [0.05, 0.1) is 0 Å². The Hall–Kier alpha value is -6.19. The fourth-order valence-corrected chi connectivity index (χ4v) is 6.78. The van der Waals surface area contributed by atoms with Crippen LogP contribution in [-0.2, 0) is 0 Å². The summed E-state index contributed by atoms with van der Waals surface area (Å²) >= 11 is 0. The van der Waals surface area contributed by atoms with Crippen LogP contribution in [0.15, 0.2) is 158 Å². The molecule has 3 heteroatoms. The fraction of sp³-hybridized carbons (Fsp3) is 0.0227. The van der Waals surface area contributed by atoms with Gasteiger partial charge in [0, 0.05) is 16.7 Å². The standard InChI is InChI=1S/C44H29N3/c1-28-18-20-29(21-19-28)30-22-24-31(25-23-30)42-45-43(40-26-32-10-2-4-12-34(32)36-14-6-8-16-38(36)40)47-44(46-42)41-27-33-11-3-5-13-35(33)37-15-7-9-17-39(37)41/h2-27H,1H3. The third kappa shape index (κ3) is 4.72. The molecule has 0 saturated heterocycles. The number of nitrogens with zero attached hydrogens (tertiary/aromatic N) is 3. The van der Waals surface area contributed by atoms with Crippen molar-refractivity contribution >= 4 is 43.1 Å². The first kappa shape index (κ1) is 27.1. The molecular formula is C44H29N3. The molecular weight excluding hydrogens is 571 g/mol. The summed E-state index contributed by atoms with van der Waals surface area (Å²) in [6.07, 6.45) is 0. The van der Waals surface area contributed by atoms with Gasteiger partial charge in [-0.15, -0.1) is 0 Å². The summed E-state index contributed by atoms with van der Waals surface area (Å²) in [6.45, 7) is 2.11. The molecule has 8 aromatic carbocycles. The highest BCUT2D eigenvalue weighted by molar-refractivity contribution is 6.14. The monoisotopic (exact) mass is 599 g/mol. The van der Waals surface area contributed by atoms with Gasteiger partial charge in [0.1, 0.15) is 0 Å². The van der Waals surface area contributed by atoms with Gasteiger partial charge in [-0.1, -0.05) is 151 Å². The molecule has 9 aromatic rings. The molecule has 3 nitrogen and oxygen atoms in total. The van der Waals surface area contributed by atoms with E-state index >= 15 is 0 Å². The maximum absolute atomic E-state index is 5.26. The average Bonchev–Trinajstić information content (AvgIpc) is 3.14. The summed E-state index contributed by atoms with van der Waals surface area (Å²) in [5, 5.41) is 9.35. The lowest BCUT2D eigenvalue weighted by Gasteiger charge is -2.14. The van der Waals surface area contributed by atoms with Crippen LogP contribution in [-0.4, -0.2) is 15.0 Å². The van der Waals surface area contributed by atoms with E-state index < -0.39 is 0 Å². The minimum atomic E-state index is 0.648. The lowest BCUT2D eigenvalue weighted by Crippen LogP contribution is -2.01. The fourth-order valence-electron chi connectivity index (χ4n) is 6.78. The van der Waals surface area contributed by atoms with Crippen LogP contribution in [0.2, 0.25) is 0 Å². The zero-order valence-corrected chi connectivity index (χ0v) is 25.9. The number of hydrogen-bond acceptors (Lipinski definition) is 3. The predicted octanol–water partition coefficient (Wildman–Crippen LogP) is 11.5. The average molecular weight is 600 g/mol. The molecule has 0 aliphatic carbocycles. The highest BCUT2D eigenvalue weighted by Gasteiger charge is 2.18. The molecule has 0 bridgehead atoms. The van der Waals surface area contributed by atoms with Crippen molar-refractivity contribution in [3.63, 3.8) is 0 Å². The maximum Gasteiger partial charge on any atom is 0.164 e. The number of aryl methyl sites for hydroxylation is 1. The van der Waals surface area contributed by atoms with Crippen LogP contribution in [0.3, 0.4) is 0 Å². The Bertz CT molecular complexity index is 2480. The molecule has 0 atom stereocenters. The van der Waals surface area contributed by atoms with Crippen LogP contribution in [0.4, 0.5) is 0 Å². The molecule has 1 heterocycles. The molecule has 0 amide bonds. The summed E-state index contributed by atoms with van der Waals surface area (Å²) in [4.78, 5) is 15.6. The van der Waals surface area contributed by atoms with Gasteiger partial charge < -0.3 is 0 Å². The molecule has 220 valence electrons. The van der Waals surface area contributed by atoms with Crippen LogP contribution in [0.1, 0.15) is 5.56 Å². The van der Waals surface area contributed by atoms with Gasteiger partial charge in [0.15, 0.2) is 17.5 Å². The van der Waals surface area contributed by atoms with Gasteiger partial charge in [-0.05, 0) is 73.3 Å². The van der Waals surface area contributed by atoms with E-state index in [1.54, 1.807) is 0 Å². The number of rotatable bonds is 4. The van der Waals surface area contributed by atoms with Crippen molar-refractivity contribution < 1.29 is 0 Å². The van der Waals surface area contributed by atoms with Gasteiger partial charge in [-0.25, -0.2) is 15.0 Å². The van der Waals surface area contributed by atoms with Crippen LogP contribution in [0.5, 0.6) is 0 Å². The molecule has 0 aliphatic heterocycles. The first-order valence-electron chi connectivity index (χ1n) is 15.9. The molecule has 0 unspecified atom stereocenters. The van der Waals surface area contributed by atoms with E-state index in [1.165, 1.54) is 32.7 Å². The molecule has 0 aliphatic rings. The Morgan fingerprint density at radius 3 is 1.17 bits per heavy atom. The van der Waals surface area contributed by atoms with E-state index in [9.17, 15) is 0 Å². The van der Waals surface area contributed by atoms with E-state index in [-0.39, 0.29) is 0 Å².